The van der Waals surface area contributed by atoms with Crippen molar-refractivity contribution in [3.05, 3.63) is 65.5 Å². The van der Waals surface area contributed by atoms with Gasteiger partial charge in [0.05, 0.1) is 6.54 Å². The minimum atomic E-state index is -0.254. The Balaban J connectivity index is 1.68. The number of carbonyl (C=O) groups is 2. The highest BCUT2D eigenvalue weighted by molar-refractivity contribution is 5.97. The molecule has 148 valence electrons. The van der Waals surface area contributed by atoms with Gasteiger partial charge in [-0.25, -0.2) is 4.39 Å². The molecule has 1 fully saturated rings. The molecule has 6 heteroatoms. The number of anilines is 1. The molecule has 2 aromatic rings. The molecule has 5 nitrogen and oxygen atoms in total. The summed E-state index contributed by atoms with van der Waals surface area (Å²) in [5.74, 6) is -0.606. The van der Waals surface area contributed by atoms with Gasteiger partial charge in [0, 0.05) is 35.4 Å². The van der Waals surface area contributed by atoms with Crippen LogP contribution in [-0.2, 0) is 4.79 Å². The van der Waals surface area contributed by atoms with E-state index >= 15 is 0 Å². The van der Waals surface area contributed by atoms with Gasteiger partial charge in [-0.2, -0.15) is 0 Å². The first-order valence-electron chi connectivity index (χ1n) is 9.68. The number of hydrogen-bond donors (Lipinski definition) is 2. The Morgan fingerprint density at radius 2 is 1.93 bits per heavy atom. The number of amides is 2. The van der Waals surface area contributed by atoms with Crippen molar-refractivity contribution < 1.29 is 14.0 Å². The van der Waals surface area contributed by atoms with Crippen LogP contribution < -0.4 is 10.6 Å². The van der Waals surface area contributed by atoms with E-state index in [2.05, 4.69) is 10.6 Å². The lowest BCUT2D eigenvalue weighted by Gasteiger charge is -2.29. The summed E-state index contributed by atoms with van der Waals surface area (Å²) in [7, 11) is 0. The second kappa shape index (κ2) is 8.97. The summed E-state index contributed by atoms with van der Waals surface area (Å²) < 4.78 is 14.2. The number of benzene rings is 2. The molecule has 3 rings (SSSR count). The van der Waals surface area contributed by atoms with E-state index in [9.17, 15) is 14.0 Å². The number of carbonyl (C=O) groups excluding carboxylic acids is 2. The molecule has 1 aliphatic rings. The van der Waals surface area contributed by atoms with Crippen LogP contribution in [0.25, 0.3) is 0 Å². The summed E-state index contributed by atoms with van der Waals surface area (Å²) in [6.07, 6.45) is 2.03. The average Bonchev–Trinajstić information content (AvgIpc) is 3.51. The van der Waals surface area contributed by atoms with Crippen molar-refractivity contribution in [2.24, 2.45) is 0 Å². The molecule has 0 saturated heterocycles. The van der Waals surface area contributed by atoms with Crippen molar-refractivity contribution >= 4 is 17.5 Å². The Kier molecular flexibility index (Phi) is 6.41. The predicted molar refractivity (Wildman–Crippen MR) is 108 cm³/mol. The highest BCUT2D eigenvalue weighted by Crippen LogP contribution is 2.34. The smallest absolute Gasteiger partial charge is 0.251 e. The van der Waals surface area contributed by atoms with Crippen molar-refractivity contribution in [1.29, 1.82) is 0 Å². The third kappa shape index (κ3) is 4.95. The molecular weight excluding hydrogens is 357 g/mol. The third-order valence-corrected chi connectivity index (χ3v) is 4.94. The van der Waals surface area contributed by atoms with Crippen LogP contribution in [0.1, 0.15) is 48.7 Å². The zero-order chi connectivity index (χ0) is 20.1. The molecule has 1 saturated carbocycles. The average molecular weight is 383 g/mol. The Morgan fingerprint density at radius 3 is 2.61 bits per heavy atom. The highest BCUT2D eigenvalue weighted by Gasteiger charge is 2.34. The van der Waals surface area contributed by atoms with Crippen LogP contribution in [0.5, 0.6) is 0 Å². The van der Waals surface area contributed by atoms with E-state index in [1.54, 1.807) is 36.4 Å². The SMILES string of the molecule is CCNC(=O)c1cccc(NC(=O)CN(C2CC2)C(C)c2ccccc2F)c1. The van der Waals surface area contributed by atoms with Crippen LogP contribution in [0.3, 0.4) is 0 Å². The summed E-state index contributed by atoms with van der Waals surface area (Å²) in [6.45, 7) is 4.50. The van der Waals surface area contributed by atoms with Gasteiger partial charge in [0.1, 0.15) is 5.82 Å². The van der Waals surface area contributed by atoms with E-state index in [0.717, 1.165) is 12.8 Å². The van der Waals surface area contributed by atoms with E-state index in [0.29, 0.717) is 29.4 Å². The molecule has 28 heavy (non-hydrogen) atoms. The molecule has 0 radical (unpaired) electrons. The molecule has 0 aromatic heterocycles. The fraction of sp³-hybridized carbons (Fsp3) is 0.364. The molecule has 0 heterocycles. The van der Waals surface area contributed by atoms with E-state index in [1.165, 1.54) is 6.07 Å². The molecule has 1 atom stereocenters. The van der Waals surface area contributed by atoms with Gasteiger partial charge in [-0.3, -0.25) is 14.5 Å². The summed E-state index contributed by atoms with van der Waals surface area (Å²) in [6, 6.07) is 13.6. The van der Waals surface area contributed by atoms with E-state index < -0.39 is 0 Å². The molecule has 0 aliphatic heterocycles. The lowest BCUT2D eigenvalue weighted by Crippen LogP contribution is -2.37. The second-order valence-electron chi connectivity index (χ2n) is 7.09. The van der Waals surface area contributed by atoms with Gasteiger partial charge in [-0.1, -0.05) is 24.3 Å². The van der Waals surface area contributed by atoms with Crippen molar-refractivity contribution in [3.8, 4) is 0 Å². The van der Waals surface area contributed by atoms with Crippen LogP contribution in [0.4, 0.5) is 10.1 Å². The topological polar surface area (TPSA) is 61.4 Å². The minimum absolute atomic E-state index is 0.172. The van der Waals surface area contributed by atoms with Crippen molar-refractivity contribution in [2.75, 3.05) is 18.4 Å². The largest absolute Gasteiger partial charge is 0.352 e. The summed E-state index contributed by atoms with van der Waals surface area (Å²) >= 11 is 0. The number of rotatable bonds is 8. The minimum Gasteiger partial charge on any atom is -0.352 e. The summed E-state index contributed by atoms with van der Waals surface area (Å²) in [4.78, 5) is 26.6. The molecular formula is C22H26FN3O2. The van der Waals surface area contributed by atoms with Crippen LogP contribution in [0.2, 0.25) is 0 Å². The number of nitrogens with one attached hydrogen (secondary N) is 2. The van der Waals surface area contributed by atoms with Gasteiger partial charge in [-0.05, 0) is 51.0 Å². The van der Waals surface area contributed by atoms with Crippen LogP contribution in [0, 0.1) is 5.82 Å². The lowest BCUT2D eigenvalue weighted by molar-refractivity contribution is -0.118. The molecule has 2 N–H and O–H groups in total. The zero-order valence-electron chi connectivity index (χ0n) is 16.2. The van der Waals surface area contributed by atoms with E-state index in [4.69, 9.17) is 0 Å². The Hall–Kier alpha value is -2.73. The maximum atomic E-state index is 14.2. The van der Waals surface area contributed by atoms with Crippen molar-refractivity contribution in [2.45, 2.75) is 38.8 Å². The number of hydrogen-bond acceptors (Lipinski definition) is 3. The third-order valence-electron chi connectivity index (χ3n) is 4.94. The molecule has 0 bridgehead atoms. The normalized spacial score (nSPS) is 14.6. The molecule has 2 amide bonds. The number of nitrogens with zero attached hydrogens (tertiary/aromatic N) is 1. The first-order valence-corrected chi connectivity index (χ1v) is 9.68. The Labute approximate surface area is 164 Å². The first-order chi connectivity index (χ1) is 13.5. The molecule has 0 spiro atoms. The zero-order valence-corrected chi connectivity index (χ0v) is 16.2. The fourth-order valence-corrected chi connectivity index (χ4v) is 3.35. The fourth-order valence-electron chi connectivity index (χ4n) is 3.35. The van der Waals surface area contributed by atoms with Crippen LogP contribution >= 0.6 is 0 Å². The van der Waals surface area contributed by atoms with Gasteiger partial charge < -0.3 is 10.6 Å². The lowest BCUT2D eigenvalue weighted by atomic mass is 10.1. The Morgan fingerprint density at radius 1 is 1.18 bits per heavy atom. The first kappa shape index (κ1) is 20.0. The predicted octanol–water partition coefficient (Wildman–Crippen LogP) is 3.74. The van der Waals surface area contributed by atoms with Gasteiger partial charge in [0.2, 0.25) is 5.91 Å². The second-order valence-corrected chi connectivity index (χ2v) is 7.09. The standard InChI is InChI=1S/C22H26FN3O2/c1-3-24-22(28)16-7-6-8-17(13-16)25-21(27)14-26(18-11-12-18)15(2)19-9-4-5-10-20(19)23/h4-10,13,15,18H,3,11-12,14H2,1-2H3,(H,24,28)(H,25,27). The summed E-state index contributed by atoms with van der Waals surface area (Å²) in [5, 5.41) is 5.60. The number of halogens is 1. The van der Waals surface area contributed by atoms with Gasteiger partial charge in [-0.15, -0.1) is 0 Å². The quantitative estimate of drug-likeness (QED) is 0.730. The van der Waals surface area contributed by atoms with E-state index in [1.807, 2.05) is 24.8 Å². The van der Waals surface area contributed by atoms with Gasteiger partial charge in [0.15, 0.2) is 0 Å². The molecule has 2 aromatic carbocycles. The maximum Gasteiger partial charge on any atom is 0.251 e. The van der Waals surface area contributed by atoms with Crippen LogP contribution in [-0.4, -0.2) is 35.8 Å². The Bertz CT molecular complexity index is 851. The monoisotopic (exact) mass is 383 g/mol. The molecule has 1 aliphatic carbocycles. The van der Waals surface area contributed by atoms with Gasteiger partial charge in [0.25, 0.3) is 5.91 Å². The van der Waals surface area contributed by atoms with Crippen molar-refractivity contribution in [3.63, 3.8) is 0 Å². The van der Waals surface area contributed by atoms with E-state index in [-0.39, 0.29) is 30.2 Å². The maximum absolute atomic E-state index is 14.2. The highest BCUT2D eigenvalue weighted by atomic mass is 19.1. The van der Waals surface area contributed by atoms with Crippen LogP contribution in [0.15, 0.2) is 48.5 Å². The summed E-state index contributed by atoms with van der Waals surface area (Å²) in [5.41, 5.74) is 1.67. The molecule has 1 unspecified atom stereocenters. The van der Waals surface area contributed by atoms with Crippen molar-refractivity contribution in [1.82, 2.24) is 10.2 Å². The van der Waals surface area contributed by atoms with Gasteiger partial charge >= 0.3 is 0 Å².